The maximum atomic E-state index is 12.6. The third-order valence-corrected chi connectivity index (χ3v) is 8.35. The third-order valence-electron chi connectivity index (χ3n) is 6.02. The Kier molecular flexibility index (Phi) is 6.07. The lowest BCUT2D eigenvalue weighted by atomic mass is 9.95. The minimum absolute atomic E-state index is 0.124. The van der Waals surface area contributed by atoms with Crippen LogP contribution in [-0.4, -0.2) is 36.5 Å². The van der Waals surface area contributed by atoms with Crippen LogP contribution in [0.5, 0.6) is 0 Å². The van der Waals surface area contributed by atoms with E-state index < -0.39 is 0 Å². The molecule has 26 heavy (non-hydrogen) atoms. The van der Waals surface area contributed by atoms with Crippen LogP contribution in [0, 0.1) is 0 Å². The Morgan fingerprint density at radius 2 is 2.12 bits per heavy atom. The van der Waals surface area contributed by atoms with Crippen molar-refractivity contribution in [3.05, 3.63) is 25.8 Å². The van der Waals surface area contributed by atoms with Crippen LogP contribution in [0.25, 0.3) is 6.08 Å². The number of nitrogens with zero attached hydrogens (tertiary/aromatic N) is 1. The van der Waals surface area contributed by atoms with Gasteiger partial charge in [-0.15, -0.1) is 23.1 Å². The highest BCUT2D eigenvalue weighted by Crippen LogP contribution is 2.42. The van der Waals surface area contributed by atoms with Crippen LogP contribution in [0.2, 0.25) is 0 Å². The predicted molar refractivity (Wildman–Crippen MR) is 113 cm³/mol. The molecule has 0 radical (unpaired) electrons. The topological polar surface area (TPSA) is 32.3 Å². The van der Waals surface area contributed by atoms with Crippen LogP contribution >= 0.6 is 23.1 Å². The summed E-state index contributed by atoms with van der Waals surface area (Å²) in [5, 5.41) is 3.15. The number of thiophene rings is 1. The molecule has 0 aromatic carbocycles. The van der Waals surface area contributed by atoms with Gasteiger partial charge in [-0.2, -0.15) is 0 Å². The van der Waals surface area contributed by atoms with E-state index in [-0.39, 0.29) is 5.91 Å². The molecular formula is C21H30N2OS2. The molecule has 0 spiro atoms. The summed E-state index contributed by atoms with van der Waals surface area (Å²) in [4.78, 5) is 19.0. The van der Waals surface area contributed by atoms with Gasteiger partial charge in [0.2, 0.25) is 0 Å². The van der Waals surface area contributed by atoms with Gasteiger partial charge in [0.25, 0.3) is 5.91 Å². The highest BCUT2D eigenvalue weighted by atomic mass is 32.2. The number of thioether (sulfide) groups is 1. The van der Waals surface area contributed by atoms with Crippen molar-refractivity contribution in [2.75, 3.05) is 19.6 Å². The Bertz CT molecular complexity index is 694. The molecule has 1 amide bonds. The van der Waals surface area contributed by atoms with Crippen molar-refractivity contribution in [1.82, 2.24) is 10.2 Å². The van der Waals surface area contributed by atoms with E-state index in [2.05, 4.69) is 23.2 Å². The average molecular weight is 391 g/mol. The zero-order valence-corrected chi connectivity index (χ0v) is 17.4. The summed E-state index contributed by atoms with van der Waals surface area (Å²) in [7, 11) is 0. The molecule has 3 nitrogen and oxygen atoms in total. The first-order valence-corrected chi connectivity index (χ1v) is 12.0. The number of piperidine rings is 1. The molecule has 5 heteroatoms. The second-order valence-electron chi connectivity index (χ2n) is 7.84. The van der Waals surface area contributed by atoms with E-state index in [1.807, 2.05) is 11.3 Å². The number of aryl methyl sites for hydroxylation is 1. The minimum Gasteiger partial charge on any atom is -0.352 e. The standard InChI is InChI=1S/C21H30N2OS2/c1-15-7-4-5-11-23(15)12-6-10-22-21(24)20-13-19-17(14-25-20)16-8-2-3-9-18(16)26-19/h13,15H,2-12,14H2,1H3,(H,22,24)/t15-/m0/s1. The number of likely N-dealkylation sites (tertiary alicyclic amines) is 1. The van der Waals surface area contributed by atoms with Gasteiger partial charge in [-0.3, -0.25) is 4.79 Å². The Hall–Kier alpha value is -0.780. The zero-order valence-electron chi connectivity index (χ0n) is 15.8. The van der Waals surface area contributed by atoms with Crippen molar-refractivity contribution in [3.8, 4) is 0 Å². The van der Waals surface area contributed by atoms with Gasteiger partial charge >= 0.3 is 0 Å². The maximum Gasteiger partial charge on any atom is 0.257 e. The second-order valence-corrected chi connectivity index (χ2v) is 10.00. The number of hydrogen-bond donors (Lipinski definition) is 1. The smallest absolute Gasteiger partial charge is 0.257 e. The summed E-state index contributed by atoms with van der Waals surface area (Å²) in [5.41, 5.74) is 3.13. The van der Waals surface area contributed by atoms with Gasteiger partial charge in [-0.25, -0.2) is 0 Å². The van der Waals surface area contributed by atoms with Crippen LogP contribution in [0.15, 0.2) is 4.91 Å². The summed E-state index contributed by atoms with van der Waals surface area (Å²) in [6, 6.07) is 0.708. The Balaban J connectivity index is 1.29. The van der Waals surface area contributed by atoms with E-state index in [4.69, 9.17) is 0 Å². The summed E-state index contributed by atoms with van der Waals surface area (Å²) in [5.74, 6) is 1.10. The number of rotatable bonds is 5. The van der Waals surface area contributed by atoms with Crippen LogP contribution < -0.4 is 5.32 Å². The number of carbonyl (C=O) groups is 1. The molecule has 4 rings (SSSR count). The lowest BCUT2D eigenvalue weighted by molar-refractivity contribution is -0.116. The predicted octanol–water partition coefficient (Wildman–Crippen LogP) is 4.60. The summed E-state index contributed by atoms with van der Waals surface area (Å²) in [6.45, 7) is 5.45. The van der Waals surface area contributed by atoms with E-state index in [0.717, 1.165) is 30.2 Å². The fraction of sp³-hybridized carbons (Fsp3) is 0.667. The molecule has 3 aliphatic rings. The summed E-state index contributed by atoms with van der Waals surface area (Å²) in [6.07, 6.45) is 12.3. The van der Waals surface area contributed by atoms with Crippen molar-refractivity contribution in [2.45, 2.75) is 70.1 Å². The molecule has 1 saturated heterocycles. The molecule has 3 heterocycles. The fourth-order valence-corrected chi connectivity index (χ4v) is 6.99. The number of carbonyl (C=O) groups excluding carboxylic acids is 1. The van der Waals surface area contributed by atoms with Gasteiger partial charge in [0.05, 0.1) is 4.91 Å². The quantitative estimate of drug-likeness (QED) is 0.746. The lowest BCUT2D eigenvalue weighted by Gasteiger charge is -2.33. The Morgan fingerprint density at radius 1 is 1.23 bits per heavy atom. The van der Waals surface area contributed by atoms with E-state index >= 15 is 0 Å². The van der Waals surface area contributed by atoms with Crippen LogP contribution in [0.1, 0.15) is 66.3 Å². The molecule has 1 atom stereocenters. The monoisotopic (exact) mass is 390 g/mol. The van der Waals surface area contributed by atoms with Crippen molar-refractivity contribution in [2.24, 2.45) is 0 Å². The van der Waals surface area contributed by atoms with E-state index in [9.17, 15) is 4.79 Å². The highest BCUT2D eigenvalue weighted by molar-refractivity contribution is 8.03. The molecule has 1 N–H and O–H groups in total. The lowest BCUT2D eigenvalue weighted by Crippen LogP contribution is -2.39. The number of hydrogen-bond acceptors (Lipinski definition) is 4. The van der Waals surface area contributed by atoms with E-state index in [1.54, 1.807) is 22.2 Å². The number of nitrogens with one attached hydrogen (secondary N) is 1. The first kappa shape index (κ1) is 18.6. The molecular weight excluding hydrogens is 360 g/mol. The van der Waals surface area contributed by atoms with Crippen LogP contribution in [-0.2, 0) is 23.4 Å². The molecule has 1 aliphatic carbocycles. The minimum atomic E-state index is 0.124. The largest absolute Gasteiger partial charge is 0.352 e. The van der Waals surface area contributed by atoms with Gasteiger partial charge in [0.1, 0.15) is 0 Å². The molecule has 1 aromatic rings. The van der Waals surface area contributed by atoms with Crippen molar-refractivity contribution < 1.29 is 4.79 Å². The number of fused-ring (bicyclic) bond motifs is 3. The number of amides is 1. The third kappa shape index (κ3) is 4.05. The molecule has 1 aromatic heterocycles. The van der Waals surface area contributed by atoms with Crippen LogP contribution in [0.4, 0.5) is 0 Å². The molecule has 0 unspecified atom stereocenters. The Labute approximate surface area is 165 Å². The zero-order chi connectivity index (χ0) is 17.9. The van der Waals surface area contributed by atoms with E-state index in [0.29, 0.717) is 6.04 Å². The average Bonchev–Trinajstić information content (AvgIpc) is 3.04. The van der Waals surface area contributed by atoms with Crippen molar-refractivity contribution in [3.63, 3.8) is 0 Å². The van der Waals surface area contributed by atoms with Gasteiger partial charge in [0, 0.05) is 34.6 Å². The van der Waals surface area contributed by atoms with Gasteiger partial charge < -0.3 is 10.2 Å². The first-order valence-electron chi connectivity index (χ1n) is 10.2. The van der Waals surface area contributed by atoms with E-state index in [1.165, 1.54) is 61.9 Å². The van der Waals surface area contributed by atoms with Crippen molar-refractivity contribution >= 4 is 35.1 Å². The SMILES string of the molecule is C[C@H]1CCCCN1CCCNC(=O)C1=Cc2sc3c(c2CS1)CCCC3. The van der Waals surface area contributed by atoms with Crippen LogP contribution in [0.3, 0.4) is 0 Å². The fourth-order valence-electron chi connectivity index (χ4n) is 4.43. The molecule has 0 saturated carbocycles. The molecule has 0 bridgehead atoms. The molecule has 2 aliphatic heterocycles. The summed E-state index contributed by atoms with van der Waals surface area (Å²) >= 11 is 3.65. The Morgan fingerprint density at radius 3 is 3.00 bits per heavy atom. The second kappa shape index (κ2) is 8.49. The normalized spacial score (nSPS) is 23.1. The summed E-state index contributed by atoms with van der Waals surface area (Å²) < 4.78 is 0. The van der Waals surface area contributed by atoms with Gasteiger partial charge in [-0.05, 0) is 75.6 Å². The molecule has 1 fully saturated rings. The maximum absolute atomic E-state index is 12.6. The van der Waals surface area contributed by atoms with Gasteiger partial charge in [0.15, 0.2) is 0 Å². The molecule has 142 valence electrons. The first-order chi connectivity index (χ1) is 12.7. The van der Waals surface area contributed by atoms with Crippen molar-refractivity contribution in [1.29, 1.82) is 0 Å². The van der Waals surface area contributed by atoms with Gasteiger partial charge in [-0.1, -0.05) is 6.42 Å². The highest BCUT2D eigenvalue weighted by Gasteiger charge is 2.25.